The second kappa shape index (κ2) is 7.47. The number of nitrogens with one attached hydrogen (secondary N) is 1. The highest BCUT2D eigenvalue weighted by atomic mass is 16.5. The number of H-pyrrole nitrogens is 1. The Morgan fingerprint density at radius 1 is 1.15 bits per heavy atom. The zero-order chi connectivity index (χ0) is 18.8. The first kappa shape index (κ1) is 17.7. The topological polar surface area (TPSA) is 45.3 Å². The van der Waals surface area contributed by atoms with Gasteiger partial charge in [0.2, 0.25) is 0 Å². The highest BCUT2D eigenvalue weighted by Gasteiger charge is 2.32. The van der Waals surface area contributed by atoms with Crippen molar-refractivity contribution < 1.29 is 9.53 Å². The lowest BCUT2D eigenvalue weighted by Gasteiger charge is -2.23. The van der Waals surface area contributed by atoms with Crippen LogP contribution in [0.2, 0.25) is 0 Å². The molecule has 0 radical (unpaired) electrons. The summed E-state index contributed by atoms with van der Waals surface area (Å²) in [6, 6.07) is 16.8. The van der Waals surface area contributed by atoms with E-state index in [0.717, 1.165) is 29.7 Å². The van der Waals surface area contributed by atoms with Crippen LogP contribution in [-0.4, -0.2) is 28.4 Å². The van der Waals surface area contributed by atoms with Gasteiger partial charge in [-0.15, -0.1) is 0 Å². The molecule has 4 heteroatoms. The summed E-state index contributed by atoms with van der Waals surface area (Å²) in [7, 11) is 0. The largest absolute Gasteiger partial charge is 0.484 e. The van der Waals surface area contributed by atoms with Gasteiger partial charge in [0.05, 0.1) is 0 Å². The van der Waals surface area contributed by atoms with Gasteiger partial charge in [0, 0.05) is 24.3 Å². The Hall–Kier alpha value is -2.75. The molecule has 0 spiro atoms. The Labute approximate surface area is 160 Å². The third kappa shape index (κ3) is 4.16. The molecule has 2 aromatic carbocycles. The lowest BCUT2D eigenvalue weighted by atomic mass is 10.0. The molecule has 0 bridgehead atoms. The number of hydrogen-bond acceptors (Lipinski definition) is 2. The number of carbonyl (C=O) groups is 1. The third-order valence-corrected chi connectivity index (χ3v) is 5.19. The van der Waals surface area contributed by atoms with E-state index < -0.39 is 0 Å². The molecule has 27 heavy (non-hydrogen) atoms. The molecular weight excluding hydrogens is 336 g/mol. The Morgan fingerprint density at radius 2 is 1.93 bits per heavy atom. The van der Waals surface area contributed by atoms with E-state index in [1.807, 2.05) is 23.2 Å². The maximum Gasteiger partial charge on any atom is 0.261 e. The lowest BCUT2D eigenvalue weighted by molar-refractivity contribution is -0.134. The summed E-state index contributed by atoms with van der Waals surface area (Å²) < 4.78 is 5.76. The Morgan fingerprint density at radius 3 is 2.63 bits per heavy atom. The van der Waals surface area contributed by atoms with E-state index >= 15 is 0 Å². The average Bonchev–Trinajstić information content (AvgIpc) is 3.41. The molecule has 4 rings (SSSR count). The van der Waals surface area contributed by atoms with Gasteiger partial charge >= 0.3 is 0 Å². The Balaban J connectivity index is 1.40. The van der Waals surface area contributed by atoms with Crippen LogP contribution in [0.3, 0.4) is 0 Å². The predicted molar refractivity (Wildman–Crippen MR) is 108 cm³/mol. The number of aromatic nitrogens is 1. The van der Waals surface area contributed by atoms with E-state index in [2.05, 4.69) is 55.2 Å². The fourth-order valence-corrected chi connectivity index (χ4v) is 3.37. The molecule has 1 amide bonds. The summed E-state index contributed by atoms with van der Waals surface area (Å²) >= 11 is 0. The number of nitrogens with zero attached hydrogens (tertiary/aromatic N) is 1. The maximum absolute atomic E-state index is 12.8. The van der Waals surface area contributed by atoms with Crippen LogP contribution in [0.25, 0.3) is 10.9 Å². The molecule has 1 aliphatic rings. The van der Waals surface area contributed by atoms with Crippen LogP contribution in [0.4, 0.5) is 0 Å². The average molecular weight is 362 g/mol. The van der Waals surface area contributed by atoms with Crippen LogP contribution >= 0.6 is 0 Å². The second-order valence-corrected chi connectivity index (χ2v) is 7.66. The summed E-state index contributed by atoms with van der Waals surface area (Å²) in [5.74, 6) is 1.29. The van der Waals surface area contributed by atoms with Crippen molar-refractivity contribution >= 4 is 16.8 Å². The molecule has 0 atom stereocenters. The Kier molecular flexibility index (Phi) is 4.88. The fourth-order valence-electron chi connectivity index (χ4n) is 3.37. The molecular formula is C23H26N2O2. The normalized spacial score (nSPS) is 13.9. The van der Waals surface area contributed by atoms with Crippen molar-refractivity contribution in [3.8, 4) is 5.75 Å². The van der Waals surface area contributed by atoms with Gasteiger partial charge in [-0.3, -0.25) is 4.79 Å². The number of fused-ring (bicyclic) bond motifs is 1. The van der Waals surface area contributed by atoms with Gasteiger partial charge < -0.3 is 14.6 Å². The zero-order valence-corrected chi connectivity index (χ0v) is 15.9. The van der Waals surface area contributed by atoms with Gasteiger partial charge in [0.15, 0.2) is 6.61 Å². The highest BCUT2D eigenvalue weighted by molar-refractivity contribution is 5.81. The number of amides is 1. The molecule has 1 N–H and O–H groups in total. The molecule has 1 saturated carbocycles. The van der Waals surface area contributed by atoms with E-state index in [9.17, 15) is 4.79 Å². The van der Waals surface area contributed by atoms with E-state index in [1.165, 1.54) is 10.9 Å². The summed E-state index contributed by atoms with van der Waals surface area (Å²) in [6.07, 6.45) is 4.11. The van der Waals surface area contributed by atoms with Gasteiger partial charge in [0.25, 0.3) is 5.91 Å². The first-order valence-corrected chi connectivity index (χ1v) is 9.68. The van der Waals surface area contributed by atoms with Crippen molar-refractivity contribution in [3.05, 3.63) is 65.9 Å². The van der Waals surface area contributed by atoms with Gasteiger partial charge in [-0.25, -0.2) is 0 Å². The third-order valence-electron chi connectivity index (χ3n) is 5.19. The van der Waals surface area contributed by atoms with E-state index in [4.69, 9.17) is 4.74 Å². The van der Waals surface area contributed by atoms with E-state index in [1.54, 1.807) is 0 Å². The molecule has 0 unspecified atom stereocenters. The maximum atomic E-state index is 12.8. The van der Waals surface area contributed by atoms with Crippen molar-refractivity contribution in [2.45, 2.75) is 45.2 Å². The fraction of sp³-hybridized carbons (Fsp3) is 0.348. The molecule has 140 valence electrons. The van der Waals surface area contributed by atoms with Crippen LogP contribution in [0, 0.1) is 0 Å². The molecule has 1 heterocycles. The molecule has 1 fully saturated rings. The van der Waals surface area contributed by atoms with Gasteiger partial charge in [-0.2, -0.15) is 0 Å². The molecule has 0 saturated heterocycles. The van der Waals surface area contributed by atoms with Crippen molar-refractivity contribution in [3.63, 3.8) is 0 Å². The summed E-state index contributed by atoms with van der Waals surface area (Å²) in [4.78, 5) is 18.0. The number of rotatable bonds is 7. The van der Waals surface area contributed by atoms with Crippen LogP contribution in [-0.2, 0) is 11.3 Å². The number of ether oxygens (including phenoxy) is 1. The van der Waals surface area contributed by atoms with Crippen LogP contribution < -0.4 is 4.74 Å². The zero-order valence-electron chi connectivity index (χ0n) is 15.9. The molecule has 1 aliphatic carbocycles. The second-order valence-electron chi connectivity index (χ2n) is 7.66. The first-order valence-electron chi connectivity index (χ1n) is 9.68. The molecule has 3 aromatic rings. The van der Waals surface area contributed by atoms with Gasteiger partial charge in [-0.1, -0.05) is 38.1 Å². The van der Waals surface area contributed by atoms with Crippen LogP contribution in [0.1, 0.15) is 43.7 Å². The van der Waals surface area contributed by atoms with Gasteiger partial charge in [0.1, 0.15) is 5.75 Å². The number of hydrogen-bond donors (Lipinski definition) is 1. The SMILES string of the molecule is CC(C)c1ccc(OCC(=O)N(Cc2ccc3cc[nH]c3c2)C2CC2)cc1. The van der Waals surface area contributed by atoms with E-state index in [0.29, 0.717) is 18.5 Å². The number of benzene rings is 2. The first-order chi connectivity index (χ1) is 13.1. The number of carbonyl (C=O) groups excluding carboxylic acids is 1. The number of aromatic amines is 1. The van der Waals surface area contributed by atoms with Crippen molar-refractivity contribution in [1.29, 1.82) is 0 Å². The van der Waals surface area contributed by atoms with Crippen LogP contribution in [0.15, 0.2) is 54.7 Å². The summed E-state index contributed by atoms with van der Waals surface area (Å²) in [5.41, 5.74) is 3.52. The predicted octanol–water partition coefficient (Wildman–Crippen LogP) is 4.86. The summed E-state index contributed by atoms with van der Waals surface area (Å²) in [6.45, 7) is 5.05. The molecule has 4 nitrogen and oxygen atoms in total. The van der Waals surface area contributed by atoms with Crippen molar-refractivity contribution in [2.24, 2.45) is 0 Å². The molecule has 0 aliphatic heterocycles. The minimum atomic E-state index is 0.0528. The Bertz CT molecular complexity index is 923. The van der Waals surface area contributed by atoms with Gasteiger partial charge in [-0.05, 0) is 59.5 Å². The minimum Gasteiger partial charge on any atom is -0.484 e. The monoisotopic (exact) mass is 362 g/mol. The van der Waals surface area contributed by atoms with E-state index in [-0.39, 0.29) is 12.5 Å². The highest BCUT2D eigenvalue weighted by Crippen LogP contribution is 2.29. The smallest absolute Gasteiger partial charge is 0.261 e. The standard InChI is InChI=1S/C23H26N2O2/c1-16(2)18-5-9-21(10-6-18)27-15-23(26)25(20-7-8-20)14-17-3-4-19-11-12-24-22(19)13-17/h3-6,9-13,16,20,24H,7-8,14-15H2,1-2H3. The van der Waals surface area contributed by atoms with Crippen LogP contribution in [0.5, 0.6) is 5.75 Å². The summed E-state index contributed by atoms with van der Waals surface area (Å²) in [5, 5.41) is 1.19. The molecule has 1 aromatic heterocycles. The van der Waals surface area contributed by atoms with Crippen molar-refractivity contribution in [1.82, 2.24) is 9.88 Å². The van der Waals surface area contributed by atoms with Crippen molar-refractivity contribution in [2.75, 3.05) is 6.61 Å². The quantitative estimate of drug-likeness (QED) is 0.652. The lowest BCUT2D eigenvalue weighted by Crippen LogP contribution is -2.36. The minimum absolute atomic E-state index is 0.0528.